The maximum atomic E-state index is 10.3. The summed E-state index contributed by atoms with van der Waals surface area (Å²) in [4.78, 5) is 20.6. The highest BCUT2D eigenvalue weighted by Gasteiger charge is 2.19. The Morgan fingerprint density at radius 3 is 2.08 bits per heavy atom. The van der Waals surface area contributed by atoms with Crippen LogP contribution in [-0.2, 0) is 14.3 Å². The van der Waals surface area contributed by atoms with Crippen molar-refractivity contribution in [3.63, 3.8) is 0 Å². The lowest BCUT2D eigenvalue weighted by Crippen LogP contribution is -2.48. The molecule has 0 amide bonds. The Labute approximate surface area is 72.7 Å². The summed E-state index contributed by atoms with van der Waals surface area (Å²) in [5, 5.41) is 0. The first-order chi connectivity index (χ1) is 5.68. The molecule has 0 bridgehead atoms. The van der Waals surface area contributed by atoms with Crippen LogP contribution in [0.2, 0.25) is 0 Å². The van der Waals surface area contributed by atoms with Gasteiger partial charge in [-0.2, -0.15) is 0 Å². The molecule has 0 unspecified atom stereocenters. The topological polar surface area (TPSA) is 43.4 Å². The monoisotopic (exact) mass is 174 g/mol. The second-order valence-electron chi connectivity index (χ2n) is 3.03. The van der Waals surface area contributed by atoms with Gasteiger partial charge < -0.3 is 9.22 Å². The van der Waals surface area contributed by atoms with Crippen molar-refractivity contribution >= 4 is 12.6 Å². The lowest BCUT2D eigenvalue weighted by molar-refractivity contribution is -0.892. The molecular formula is C8H16NO3+. The molecule has 70 valence electrons. The van der Waals surface area contributed by atoms with Crippen LogP contribution in [0.5, 0.6) is 0 Å². The molecule has 0 saturated carbocycles. The number of aldehydes is 2. The van der Waals surface area contributed by atoms with Crippen LogP contribution in [0.4, 0.5) is 0 Å². The van der Waals surface area contributed by atoms with Crippen LogP contribution in [0.15, 0.2) is 0 Å². The first-order valence-corrected chi connectivity index (χ1v) is 3.88. The molecule has 0 radical (unpaired) electrons. The molecule has 0 heterocycles. The zero-order chi connectivity index (χ0) is 9.45. The van der Waals surface area contributed by atoms with Gasteiger partial charge in [0.15, 0.2) is 12.6 Å². The molecule has 0 saturated heterocycles. The summed E-state index contributed by atoms with van der Waals surface area (Å²) in [5.41, 5.74) is 0. The Balaban J connectivity index is 3.96. The number of methoxy groups -OCH3 is 1. The number of carbonyl (C=O) groups is 2. The van der Waals surface area contributed by atoms with Crippen LogP contribution in [0.1, 0.15) is 0 Å². The number of likely N-dealkylation sites (N-methyl/N-ethyl adjacent to an activating group) is 1. The van der Waals surface area contributed by atoms with Gasteiger partial charge in [0.2, 0.25) is 0 Å². The van der Waals surface area contributed by atoms with Crippen LogP contribution >= 0.6 is 0 Å². The maximum absolute atomic E-state index is 10.3. The Kier molecular flexibility index (Phi) is 5.49. The lowest BCUT2D eigenvalue weighted by Gasteiger charge is -2.29. The van der Waals surface area contributed by atoms with Gasteiger partial charge in [0, 0.05) is 7.11 Å². The van der Waals surface area contributed by atoms with Gasteiger partial charge in [-0.15, -0.1) is 0 Å². The summed E-state index contributed by atoms with van der Waals surface area (Å²) < 4.78 is 5.31. The van der Waals surface area contributed by atoms with Gasteiger partial charge in [-0.1, -0.05) is 0 Å². The van der Waals surface area contributed by atoms with Gasteiger partial charge in [0.25, 0.3) is 0 Å². The van der Waals surface area contributed by atoms with Gasteiger partial charge in [-0.05, 0) is 0 Å². The first-order valence-electron chi connectivity index (χ1n) is 3.88. The van der Waals surface area contributed by atoms with Crippen molar-refractivity contribution < 1.29 is 18.8 Å². The van der Waals surface area contributed by atoms with Crippen molar-refractivity contribution in [3.8, 4) is 0 Å². The largest absolute Gasteiger partial charge is 0.379 e. The molecule has 0 aromatic heterocycles. The molecule has 12 heavy (non-hydrogen) atoms. The molecule has 0 aromatic rings. The van der Waals surface area contributed by atoms with Crippen molar-refractivity contribution in [2.24, 2.45) is 0 Å². The Morgan fingerprint density at radius 2 is 1.75 bits per heavy atom. The van der Waals surface area contributed by atoms with Crippen LogP contribution < -0.4 is 0 Å². The van der Waals surface area contributed by atoms with E-state index < -0.39 is 0 Å². The van der Waals surface area contributed by atoms with E-state index in [-0.39, 0.29) is 0 Å². The minimum atomic E-state index is 0.363. The van der Waals surface area contributed by atoms with E-state index in [4.69, 9.17) is 4.74 Å². The fourth-order valence-electron chi connectivity index (χ4n) is 0.929. The smallest absolute Gasteiger partial charge is 0.174 e. The molecule has 0 N–H and O–H groups in total. The van der Waals surface area contributed by atoms with E-state index in [9.17, 15) is 9.59 Å². The average Bonchev–Trinajstić information content (AvgIpc) is 2.02. The number of carbonyl (C=O) groups excluding carboxylic acids is 2. The summed E-state index contributed by atoms with van der Waals surface area (Å²) in [6, 6.07) is 0. The standard InChI is InChI=1S/C8H16NO3/c1-9(3-6-10,4-7-11)5-8-12-2/h6-7H,3-5,8H2,1-2H3/q+1. The fourth-order valence-corrected chi connectivity index (χ4v) is 0.929. The summed E-state index contributed by atoms with van der Waals surface area (Å²) in [6.07, 6.45) is 1.66. The van der Waals surface area contributed by atoms with Crippen LogP contribution in [0.3, 0.4) is 0 Å². The summed E-state index contributed by atoms with van der Waals surface area (Å²) in [5.74, 6) is 0. The summed E-state index contributed by atoms with van der Waals surface area (Å²) in [7, 11) is 3.47. The van der Waals surface area contributed by atoms with E-state index in [2.05, 4.69) is 0 Å². The maximum Gasteiger partial charge on any atom is 0.174 e. The molecule has 0 atom stereocenters. The Morgan fingerprint density at radius 1 is 1.25 bits per heavy atom. The van der Waals surface area contributed by atoms with Crippen molar-refractivity contribution in [1.82, 2.24) is 0 Å². The quantitative estimate of drug-likeness (QED) is 0.385. The van der Waals surface area contributed by atoms with E-state index in [1.165, 1.54) is 0 Å². The summed E-state index contributed by atoms with van der Waals surface area (Å²) >= 11 is 0. The number of quaternary nitrogens is 1. The lowest BCUT2D eigenvalue weighted by atomic mass is 10.4. The molecule has 0 aromatic carbocycles. The van der Waals surface area contributed by atoms with Crippen LogP contribution in [-0.4, -0.2) is 57.5 Å². The second-order valence-corrected chi connectivity index (χ2v) is 3.03. The molecule has 0 aliphatic carbocycles. The van der Waals surface area contributed by atoms with Crippen molar-refractivity contribution in [1.29, 1.82) is 0 Å². The van der Waals surface area contributed by atoms with Crippen LogP contribution in [0.25, 0.3) is 0 Å². The molecule has 0 spiro atoms. The summed E-state index contributed by atoms with van der Waals surface area (Å²) in [6.45, 7) is 1.98. The highest BCUT2D eigenvalue weighted by atomic mass is 16.5. The van der Waals surface area contributed by atoms with Gasteiger partial charge in [-0.25, -0.2) is 0 Å². The van der Waals surface area contributed by atoms with Gasteiger partial charge in [0.1, 0.15) is 19.6 Å². The normalized spacial score (nSPS) is 11.2. The third-order valence-electron chi connectivity index (χ3n) is 1.87. The van der Waals surface area contributed by atoms with Crippen LogP contribution in [0, 0.1) is 0 Å². The number of nitrogens with zero attached hydrogens (tertiary/aromatic N) is 1. The number of ether oxygens (including phenoxy) is 1. The molecule has 0 fully saturated rings. The minimum absolute atomic E-state index is 0.363. The highest BCUT2D eigenvalue weighted by molar-refractivity contribution is 5.53. The molecule has 0 aliphatic rings. The minimum Gasteiger partial charge on any atom is -0.379 e. The fraction of sp³-hybridized carbons (Fsp3) is 0.750. The molecular weight excluding hydrogens is 158 g/mol. The first kappa shape index (κ1) is 11.3. The van der Waals surface area contributed by atoms with E-state index in [0.717, 1.165) is 12.6 Å². The third-order valence-corrected chi connectivity index (χ3v) is 1.87. The zero-order valence-corrected chi connectivity index (χ0v) is 7.66. The van der Waals surface area contributed by atoms with Crippen molar-refractivity contribution in [2.75, 3.05) is 40.4 Å². The highest BCUT2D eigenvalue weighted by Crippen LogP contribution is 1.98. The number of hydrogen-bond donors (Lipinski definition) is 0. The number of rotatable bonds is 7. The van der Waals surface area contributed by atoms with Crippen molar-refractivity contribution in [2.45, 2.75) is 0 Å². The Hall–Kier alpha value is -0.740. The predicted octanol–water partition coefficient (Wildman–Crippen LogP) is -0.523. The SMILES string of the molecule is COCC[N+](C)(CC=O)CC=O. The molecule has 4 nitrogen and oxygen atoms in total. The van der Waals surface area contributed by atoms with Gasteiger partial charge >= 0.3 is 0 Å². The van der Waals surface area contributed by atoms with Gasteiger partial charge in [-0.3, -0.25) is 9.59 Å². The van der Waals surface area contributed by atoms with E-state index in [1.54, 1.807) is 7.11 Å². The molecule has 4 heteroatoms. The van der Waals surface area contributed by atoms with Crippen molar-refractivity contribution in [3.05, 3.63) is 0 Å². The Bertz CT molecular complexity index is 137. The predicted molar refractivity (Wildman–Crippen MR) is 44.8 cm³/mol. The second kappa shape index (κ2) is 5.85. The third kappa shape index (κ3) is 4.20. The zero-order valence-electron chi connectivity index (χ0n) is 7.66. The molecule has 0 rings (SSSR count). The average molecular weight is 174 g/mol. The number of hydrogen-bond acceptors (Lipinski definition) is 3. The van der Waals surface area contributed by atoms with E-state index in [0.29, 0.717) is 30.7 Å². The van der Waals surface area contributed by atoms with E-state index >= 15 is 0 Å². The van der Waals surface area contributed by atoms with E-state index in [1.807, 2.05) is 7.05 Å². The molecule has 0 aliphatic heterocycles. The van der Waals surface area contributed by atoms with Gasteiger partial charge in [0.05, 0.1) is 13.7 Å².